The predicted molar refractivity (Wildman–Crippen MR) is 107 cm³/mol. The SMILES string of the molecule is O=C(CN1CCC(c2nc3ccccc3s2)CC1)NC(=O)NCc1ccco1. The fourth-order valence-corrected chi connectivity index (χ4v) is 4.53. The summed E-state index contributed by atoms with van der Waals surface area (Å²) in [5, 5.41) is 6.16. The summed E-state index contributed by atoms with van der Waals surface area (Å²) in [5.74, 6) is 0.781. The van der Waals surface area contributed by atoms with Crippen LogP contribution in [0.3, 0.4) is 0 Å². The third-order valence-corrected chi connectivity index (χ3v) is 6.07. The van der Waals surface area contributed by atoms with E-state index in [2.05, 4.69) is 21.6 Å². The summed E-state index contributed by atoms with van der Waals surface area (Å²) in [6.07, 6.45) is 3.48. The molecule has 3 amide bonds. The van der Waals surface area contributed by atoms with E-state index in [-0.39, 0.29) is 19.0 Å². The van der Waals surface area contributed by atoms with Gasteiger partial charge in [-0.05, 0) is 50.2 Å². The Bertz CT molecular complexity index is 912. The van der Waals surface area contributed by atoms with Gasteiger partial charge in [0.05, 0.1) is 34.6 Å². The maximum atomic E-state index is 12.1. The number of para-hydroxylation sites is 1. The Labute approximate surface area is 166 Å². The van der Waals surface area contributed by atoms with Gasteiger partial charge >= 0.3 is 6.03 Å². The van der Waals surface area contributed by atoms with Gasteiger partial charge in [0.2, 0.25) is 5.91 Å². The van der Waals surface area contributed by atoms with E-state index in [9.17, 15) is 9.59 Å². The molecule has 3 aromatic rings. The zero-order chi connectivity index (χ0) is 19.3. The molecule has 1 fully saturated rings. The number of thiazole rings is 1. The van der Waals surface area contributed by atoms with Gasteiger partial charge in [0.25, 0.3) is 0 Å². The van der Waals surface area contributed by atoms with Gasteiger partial charge in [-0.15, -0.1) is 11.3 Å². The number of carbonyl (C=O) groups is 2. The summed E-state index contributed by atoms with van der Waals surface area (Å²) in [7, 11) is 0. The van der Waals surface area contributed by atoms with Crippen molar-refractivity contribution in [2.45, 2.75) is 25.3 Å². The maximum Gasteiger partial charge on any atom is 0.321 e. The fraction of sp³-hybridized carbons (Fsp3) is 0.350. The number of benzene rings is 1. The molecule has 0 radical (unpaired) electrons. The van der Waals surface area contributed by atoms with Gasteiger partial charge in [-0.25, -0.2) is 9.78 Å². The molecule has 2 N–H and O–H groups in total. The molecule has 3 heterocycles. The van der Waals surface area contributed by atoms with E-state index >= 15 is 0 Å². The van der Waals surface area contributed by atoms with Crippen molar-refractivity contribution in [2.75, 3.05) is 19.6 Å². The number of nitrogens with one attached hydrogen (secondary N) is 2. The lowest BCUT2D eigenvalue weighted by Crippen LogP contribution is -2.45. The first-order chi connectivity index (χ1) is 13.7. The van der Waals surface area contributed by atoms with Crippen molar-refractivity contribution in [3.05, 3.63) is 53.4 Å². The Hall–Kier alpha value is -2.71. The number of imide groups is 1. The summed E-state index contributed by atoms with van der Waals surface area (Å²) in [4.78, 5) is 30.8. The highest BCUT2D eigenvalue weighted by Gasteiger charge is 2.24. The minimum Gasteiger partial charge on any atom is -0.467 e. The molecular weight excluding hydrogens is 376 g/mol. The molecule has 0 spiro atoms. The minimum atomic E-state index is -0.509. The van der Waals surface area contributed by atoms with Crippen LogP contribution in [-0.4, -0.2) is 41.5 Å². The van der Waals surface area contributed by atoms with E-state index in [4.69, 9.17) is 9.40 Å². The molecule has 0 unspecified atom stereocenters. The number of aromatic nitrogens is 1. The van der Waals surface area contributed by atoms with Crippen molar-refractivity contribution in [2.24, 2.45) is 0 Å². The van der Waals surface area contributed by atoms with E-state index in [0.29, 0.717) is 11.7 Å². The van der Waals surface area contributed by atoms with Crippen LogP contribution in [0.15, 0.2) is 47.1 Å². The molecule has 2 aromatic heterocycles. The number of hydrogen-bond acceptors (Lipinski definition) is 6. The molecule has 1 saturated heterocycles. The van der Waals surface area contributed by atoms with Crippen LogP contribution in [-0.2, 0) is 11.3 Å². The number of fused-ring (bicyclic) bond motifs is 1. The van der Waals surface area contributed by atoms with E-state index < -0.39 is 6.03 Å². The third-order valence-electron chi connectivity index (χ3n) is 4.87. The number of likely N-dealkylation sites (tertiary alicyclic amines) is 1. The predicted octanol–water partition coefficient (Wildman–Crippen LogP) is 3.09. The largest absolute Gasteiger partial charge is 0.467 e. The van der Waals surface area contributed by atoms with Crippen LogP contribution >= 0.6 is 11.3 Å². The number of urea groups is 1. The molecule has 1 aliphatic heterocycles. The molecule has 146 valence electrons. The van der Waals surface area contributed by atoms with E-state index in [1.165, 1.54) is 16.0 Å². The van der Waals surface area contributed by atoms with Gasteiger partial charge in [-0.3, -0.25) is 15.0 Å². The number of carbonyl (C=O) groups excluding carboxylic acids is 2. The van der Waals surface area contributed by atoms with Crippen LogP contribution in [0, 0.1) is 0 Å². The molecule has 0 bridgehead atoms. The second kappa shape index (κ2) is 8.53. The van der Waals surface area contributed by atoms with E-state index in [0.717, 1.165) is 31.4 Å². The van der Waals surface area contributed by atoms with Crippen molar-refractivity contribution < 1.29 is 14.0 Å². The van der Waals surface area contributed by atoms with Crippen molar-refractivity contribution in [1.29, 1.82) is 0 Å². The average Bonchev–Trinajstić information content (AvgIpc) is 3.36. The van der Waals surface area contributed by atoms with Crippen LogP contribution in [0.25, 0.3) is 10.2 Å². The third kappa shape index (κ3) is 4.58. The molecular formula is C20H22N4O3S. The Morgan fingerprint density at radius 1 is 1.18 bits per heavy atom. The van der Waals surface area contributed by atoms with Gasteiger partial charge < -0.3 is 9.73 Å². The summed E-state index contributed by atoms with van der Waals surface area (Å²) >= 11 is 1.76. The molecule has 0 atom stereocenters. The first-order valence-corrected chi connectivity index (χ1v) is 10.2. The molecule has 28 heavy (non-hydrogen) atoms. The quantitative estimate of drug-likeness (QED) is 0.690. The lowest BCUT2D eigenvalue weighted by atomic mass is 9.97. The lowest BCUT2D eigenvalue weighted by Gasteiger charge is -2.30. The molecule has 7 nitrogen and oxygen atoms in total. The lowest BCUT2D eigenvalue weighted by molar-refractivity contribution is -0.121. The van der Waals surface area contributed by atoms with Gasteiger partial charge in [0, 0.05) is 5.92 Å². The zero-order valence-corrected chi connectivity index (χ0v) is 16.2. The highest BCUT2D eigenvalue weighted by Crippen LogP contribution is 2.33. The molecule has 1 aromatic carbocycles. The van der Waals surface area contributed by atoms with Crippen LogP contribution < -0.4 is 10.6 Å². The number of furan rings is 1. The Morgan fingerprint density at radius 3 is 2.75 bits per heavy atom. The first kappa shape index (κ1) is 18.6. The first-order valence-electron chi connectivity index (χ1n) is 9.35. The topological polar surface area (TPSA) is 87.5 Å². The van der Waals surface area contributed by atoms with Gasteiger partial charge in [0.1, 0.15) is 5.76 Å². The monoisotopic (exact) mass is 398 g/mol. The fourth-order valence-electron chi connectivity index (χ4n) is 3.40. The van der Waals surface area contributed by atoms with Crippen LogP contribution in [0.5, 0.6) is 0 Å². The van der Waals surface area contributed by atoms with Crippen LogP contribution in [0.2, 0.25) is 0 Å². The summed E-state index contributed by atoms with van der Waals surface area (Å²) in [6, 6.07) is 11.2. The molecule has 1 aliphatic rings. The maximum absolute atomic E-state index is 12.1. The minimum absolute atomic E-state index is 0.223. The van der Waals surface area contributed by atoms with Gasteiger partial charge in [-0.2, -0.15) is 0 Å². The molecule has 0 aliphatic carbocycles. The van der Waals surface area contributed by atoms with Gasteiger partial charge in [0.15, 0.2) is 0 Å². The Morgan fingerprint density at radius 2 is 2.00 bits per heavy atom. The highest BCUT2D eigenvalue weighted by molar-refractivity contribution is 7.18. The smallest absolute Gasteiger partial charge is 0.321 e. The molecule has 0 saturated carbocycles. The summed E-state index contributed by atoms with van der Waals surface area (Å²) in [5.41, 5.74) is 1.06. The normalized spacial score (nSPS) is 15.6. The van der Waals surface area contributed by atoms with Crippen LogP contribution in [0.1, 0.15) is 29.5 Å². The van der Waals surface area contributed by atoms with E-state index in [1.807, 2.05) is 18.2 Å². The van der Waals surface area contributed by atoms with Gasteiger partial charge in [-0.1, -0.05) is 12.1 Å². The number of piperidine rings is 1. The number of amides is 3. The van der Waals surface area contributed by atoms with Crippen LogP contribution in [0.4, 0.5) is 4.79 Å². The molecule has 8 heteroatoms. The average molecular weight is 398 g/mol. The number of hydrogen-bond donors (Lipinski definition) is 2. The summed E-state index contributed by atoms with van der Waals surface area (Å²) in [6.45, 7) is 2.12. The number of nitrogens with zero attached hydrogens (tertiary/aromatic N) is 2. The Balaban J connectivity index is 1.21. The van der Waals surface area contributed by atoms with Crippen molar-refractivity contribution in [1.82, 2.24) is 20.5 Å². The summed E-state index contributed by atoms with van der Waals surface area (Å²) < 4.78 is 6.36. The number of rotatable bonds is 5. The van der Waals surface area contributed by atoms with E-state index in [1.54, 1.807) is 23.5 Å². The highest BCUT2D eigenvalue weighted by atomic mass is 32.1. The second-order valence-corrected chi connectivity index (χ2v) is 7.94. The molecule has 4 rings (SSSR count). The Kier molecular flexibility index (Phi) is 5.68. The standard InChI is InChI=1S/C20H22N4O3S/c25-18(23-20(26)21-12-15-4-3-11-27-15)13-24-9-7-14(8-10-24)19-22-16-5-1-2-6-17(16)28-19/h1-6,11,14H,7-10,12-13H2,(H2,21,23,25,26). The van der Waals surface area contributed by atoms with Crippen molar-refractivity contribution >= 4 is 33.5 Å². The zero-order valence-electron chi connectivity index (χ0n) is 15.4. The van der Waals surface area contributed by atoms with Crippen molar-refractivity contribution in [3.8, 4) is 0 Å². The second-order valence-electron chi connectivity index (χ2n) is 6.88. The van der Waals surface area contributed by atoms with Crippen molar-refractivity contribution in [3.63, 3.8) is 0 Å².